The van der Waals surface area contributed by atoms with Crippen molar-refractivity contribution in [2.24, 2.45) is 11.1 Å². The van der Waals surface area contributed by atoms with Crippen molar-refractivity contribution in [3.8, 4) is 0 Å². The first kappa shape index (κ1) is 7.32. The Morgan fingerprint density at radius 1 is 1.80 bits per heavy atom. The maximum atomic E-state index is 5.05. The third-order valence-corrected chi connectivity index (χ3v) is 1.65. The molecule has 0 fully saturated rings. The van der Waals surface area contributed by atoms with Gasteiger partial charge in [-0.1, -0.05) is 25.6 Å². The average molecular weight is 139 g/mol. The smallest absolute Gasteiger partial charge is 0.150 e. The van der Waals surface area contributed by atoms with Crippen molar-refractivity contribution in [2.45, 2.75) is 26.4 Å². The van der Waals surface area contributed by atoms with Crippen LogP contribution in [0.5, 0.6) is 0 Å². The molecule has 0 saturated carbocycles. The molecule has 10 heavy (non-hydrogen) atoms. The van der Waals surface area contributed by atoms with Gasteiger partial charge in [0, 0.05) is 6.42 Å². The van der Waals surface area contributed by atoms with Gasteiger partial charge in [0.25, 0.3) is 0 Å². The van der Waals surface area contributed by atoms with Crippen LogP contribution in [0.1, 0.15) is 20.3 Å². The molecule has 0 spiro atoms. The lowest BCUT2D eigenvalue weighted by Crippen LogP contribution is -2.08. The van der Waals surface area contributed by atoms with Crippen LogP contribution < -0.4 is 0 Å². The van der Waals surface area contributed by atoms with Crippen LogP contribution in [0.4, 0.5) is 0 Å². The van der Waals surface area contributed by atoms with E-state index in [9.17, 15) is 0 Å². The Kier molecular flexibility index (Phi) is 2.10. The van der Waals surface area contributed by atoms with Crippen LogP contribution in [0.15, 0.2) is 17.8 Å². The highest BCUT2D eigenvalue weighted by molar-refractivity contribution is 5.87. The van der Waals surface area contributed by atoms with Crippen LogP contribution in [0.25, 0.3) is 0 Å². The van der Waals surface area contributed by atoms with Gasteiger partial charge < -0.3 is 4.84 Å². The van der Waals surface area contributed by atoms with E-state index in [0.29, 0.717) is 5.92 Å². The lowest BCUT2D eigenvalue weighted by Gasteiger charge is -2.00. The molecule has 0 aromatic rings. The molecule has 0 amide bonds. The first-order valence-electron chi connectivity index (χ1n) is 3.59. The van der Waals surface area contributed by atoms with Crippen molar-refractivity contribution >= 4 is 5.71 Å². The van der Waals surface area contributed by atoms with Gasteiger partial charge >= 0.3 is 0 Å². The first-order valence-corrected chi connectivity index (χ1v) is 3.59. The second kappa shape index (κ2) is 2.86. The minimum Gasteiger partial charge on any atom is -0.388 e. The molecular formula is C8H13NO. The Bertz CT molecular complexity index is 161. The number of hydrogen-bond acceptors (Lipinski definition) is 2. The quantitative estimate of drug-likeness (QED) is 0.536. The maximum absolute atomic E-state index is 5.05. The van der Waals surface area contributed by atoms with Gasteiger partial charge in [-0.2, -0.15) is 0 Å². The SMILES string of the molecule is C=CC1CC(C(C)C)=NO1. The van der Waals surface area contributed by atoms with E-state index in [-0.39, 0.29) is 6.10 Å². The van der Waals surface area contributed by atoms with Crippen LogP contribution in [0.3, 0.4) is 0 Å². The molecule has 1 rings (SSSR count). The summed E-state index contributed by atoms with van der Waals surface area (Å²) in [6.07, 6.45) is 2.83. The van der Waals surface area contributed by atoms with Crippen LogP contribution >= 0.6 is 0 Å². The lowest BCUT2D eigenvalue weighted by molar-refractivity contribution is 0.120. The molecule has 56 valence electrons. The maximum Gasteiger partial charge on any atom is 0.150 e. The molecule has 1 atom stereocenters. The van der Waals surface area contributed by atoms with Crippen molar-refractivity contribution in [1.29, 1.82) is 0 Å². The van der Waals surface area contributed by atoms with E-state index in [2.05, 4.69) is 25.6 Å². The van der Waals surface area contributed by atoms with Crippen molar-refractivity contribution in [1.82, 2.24) is 0 Å². The van der Waals surface area contributed by atoms with Gasteiger partial charge in [-0.3, -0.25) is 0 Å². The van der Waals surface area contributed by atoms with Gasteiger partial charge in [0.2, 0.25) is 0 Å². The Morgan fingerprint density at radius 3 is 2.80 bits per heavy atom. The van der Waals surface area contributed by atoms with Gasteiger partial charge in [0.1, 0.15) is 0 Å². The Balaban J connectivity index is 2.46. The van der Waals surface area contributed by atoms with E-state index in [1.54, 1.807) is 6.08 Å². The first-order chi connectivity index (χ1) is 4.74. The van der Waals surface area contributed by atoms with Gasteiger partial charge in [0.05, 0.1) is 5.71 Å². The predicted octanol–water partition coefficient (Wildman–Crippen LogP) is 1.97. The zero-order valence-electron chi connectivity index (χ0n) is 6.50. The molecule has 0 aliphatic carbocycles. The molecular weight excluding hydrogens is 126 g/mol. The molecule has 2 heteroatoms. The Hall–Kier alpha value is -0.790. The summed E-state index contributed by atoms with van der Waals surface area (Å²) in [6.45, 7) is 7.88. The van der Waals surface area contributed by atoms with E-state index < -0.39 is 0 Å². The van der Waals surface area contributed by atoms with E-state index in [1.165, 1.54) is 0 Å². The largest absolute Gasteiger partial charge is 0.388 e. The fourth-order valence-corrected chi connectivity index (χ4v) is 0.884. The van der Waals surface area contributed by atoms with Crippen LogP contribution in [0, 0.1) is 5.92 Å². The van der Waals surface area contributed by atoms with Gasteiger partial charge in [-0.05, 0) is 12.0 Å². The third kappa shape index (κ3) is 1.38. The fourth-order valence-electron chi connectivity index (χ4n) is 0.884. The highest BCUT2D eigenvalue weighted by atomic mass is 16.6. The van der Waals surface area contributed by atoms with E-state index >= 15 is 0 Å². The summed E-state index contributed by atoms with van der Waals surface area (Å²) in [5.41, 5.74) is 1.14. The van der Waals surface area contributed by atoms with E-state index in [0.717, 1.165) is 12.1 Å². The summed E-state index contributed by atoms with van der Waals surface area (Å²) >= 11 is 0. The second-order valence-electron chi connectivity index (χ2n) is 2.82. The van der Waals surface area contributed by atoms with Crippen molar-refractivity contribution < 1.29 is 4.84 Å². The minimum atomic E-state index is 0.123. The normalized spacial score (nSPS) is 24.3. The molecule has 0 bridgehead atoms. The highest BCUT2D eigenvalue weighted by Crippen LogP contribution is 2.15. The number of oxime groups is 1. The molecule has 0 radical (unpaired) electrons. The van der Waals surface area contributed by atoms with Crippen LogP contribution in [-0.4, -0.2) is 11.8 Å². The topological polar surface area (TPSA) is 21.6 Å². The zero-order chi connectivity index (χ0) is 7.56. The summed E-state index contributed by atoms with van der Waals surface area (Å²) < 4.78 is 0. The van der Waals surface area contributed by atoms with E-state index in [1.807, 2.05) is 0 Å². The standard InChI is InChI=1S/C8H13NO/c1-4-7-5-8(6(2)3)9-10-7/h4,6-7H,1,5H2,2-3H3. The Labute approximate surface area is 61.6 Å². The summed E-state index contributed by atoms with van der Waals surface area (Å²) in [7, 11) is 0. The van der Waals surface area contributed by atoms with Gasteiger partial charge in [-0.15, -0.1) is 0 Å². The lowest BCUT2D eigenvalue weighted by atomic mass is 10.0. The fraction of sp³-hybridized carbons (Fsp3) is 0.625. The summed E-state index contributed by atoms with van der Waals surface area (Å²) in [5, 5.41) is 3.93. The average Bonchev–Trinajstić information content (AvgIpc) is 2.34. The highest BCUT2D eigenvalue weighted by Gasteiger charge is 2.19. The van der Waals surface area contributed by atoms with E-state index in [4.69, 9.17) is 4.84 Å². The summed E-state index contributed by atoms with van der Waals surface area (Å²) in [5.74, 6) is 0.505. The second-order valence-corrected chi connectivity index (χ2v) is 2.82. The van der Waals surface area contributed by atoms with Gasteiger partial charge in [0.15, 0.2) is 6.10 Å². The molecule has 1 unspecified atom stereocenters. The number of rotatable bonds is 2. The third-order valence-electron chi connectivity index (χ3n) is 1.65. The predicted molar refractivity (Wildman–Crippen MR) is 42.0 cm³/mol. The monoisotopic (exact) mass is 139 g/mol. The summed E-state index contributed by atoms with van der Waals surface area (Å²) in [4.78, 5) is 5.05. The van der Waals surface area contributed by atoms with Crippen molar-refractivity contribution in [3.63, 3.8) is 0 Å². The minimum absolute atomic E-state index is 0.123. The van der Waals surface area contributed by atoms with Gasteiger partial charge in [-0.25, -0.2) is 0 Å². The summed E-state index contributed by atoms with van der Waals surface area (Å²) in [6, 6.07) is 0. The molecule has 2 nitrogen and oxygen atoms in total. The molecule has 0 aromatic carbocycles. The Morgan fingerprint density at radius 2 is 2.50 bits per heavy atom. The van der Waals surface area contributed by atoms with Crippen molar-refractivity contribution in [2.75, 3.05) is 0 Å². The molecule has 0 aromatic heterocycles. The molecule has 1 heterocycles. The van der Waals surface area contributed by atoms with Crippen molar-refractivity contribution in [3.05, 3.63) is 12.7 Å². The zero-order valence-corrected chi connectivity index (χ0v) is 6.50. The van der Waals surface area contributed by atoms with Crippen LogP contribution in [-0.2, 0) is 4.84 Å². The molecule has 1 aliphatic rings. The number of nitrogens with zero attached hydrogens (tertiary/aromatic N) is 1. The molecule has 1 aliphatic heterocycles. The number of hydrogen-bond donors (Lipinski definition) is 0. The molecule has 0 saturated heterocycles. The van der Waals surface area contributed by atoms with Crippen LogP contribution in [0.2, 0.25) is 0 Å². The molecule has 0 N–H and O–H groups in total.